The van der Waals surface area contributed by atoms with Crippen molar-refractivity contribution in [2.75, 3.05) is 0 Å². The lowest BCUT2D eigenvalue weighted by atomic mass is 10.0. The molecule has 1 N–H and O–H groups in total. The smallest absolute Gasteiger partial charge is 0.133 e. The third-order valence-corrected chi connectivity index (χ3v) is 4.49. The standard InChI is InChI=1S/C24H20N2/c1-2-18-13-15-21(16-14-18)24-25-22(19-9-5-3-6-10-19)17-23(26-24)20-11-7-4-8-12-20/h2-17,22H,1H2,(H,25,26). The molecule has 1 heterocycles. The van der Waals surface area contributed by atoms with Crippen LogP contribution in [0.25, 0.3) is 11.8 Å². The molecule has 0 fully saturated rings. The van der Waals surface area contributed by atoms with Crippen molar-refractivity contribution in [3.63, 3.8) is 0 Å². The van der Waals surface area contributed by atoms with Gasteiger partial charge in [0.1, 0.15) is 5.84 Å². The van der Waals surface area contributed by atoms with Crippen molar-refractivity contribution >= 4 is 17.6 Å². The molecule has 0 bridgehead atoms. The molecule has 1 atom stereocenters. The molecule has 3 aromatic carbocycles. The van der Waals surface area contributed by atoms with Crippen LogP contribution in [0.5, 0.6) is 0 Å². The number of hydrogen-bond donors (Lipinski definition) is 1. The Labute approximate surface area is 154 Å². The van der Waals surface area contributed by atoms with Crippen molar-refractivity contribution < 1.29 is 0 Å². The fourth-order valence-corrected chi connectivity index (χ4v) is 3.07. The second kappa shape index (κ2) is 7.24. The highest BCUT2D eigenvalue weighted by molar-refractivity contribution is 6.04. The van der Waals surface area contributed by atoms with Gasteiger partial charge >= 0.3 is 0 Å². The molecule has 3 aromatic rings. The Kier molecular flexibility index (Phi) is 4.48. The van der Waals surface area contributed by atoms with Crippen LogP contribution in [-0.2, 0) is 0 Å². The lowest BCUT2D eigenvalue weighted by Gasteiger charge is -2.23. The molecule has 0 amide bonds. The summed E-state index contributed by atoms with van der Waals surface area (Å²) in [4.78, 5) is 4.96. The summed E-state index contributed by atoms with van der Waals surface area (Å²) in [6.07, 6.45) is 4.04. The highest BCUT2D eigenvalue weighted by atomic mass is 15.0. The summed E-state index contributed by atoms with van der Waals surface area (Å²) >= 11 is 0. The summed E-state index contributed by atoms with van der Waals surface area (Å²) in [5.74, 6) is 0.885. The van der Waals surface area contributed by atoms with E-state index in [1.54, 1.807) is 0 Å². The molecule has 1 unspecified atom stereocenters. The third-order valence-electron chi connectivity index (χ3n) is 4.49. The first-order valence-corrected chi connectivity index (χ1v) is 8.73. The summed E-state index contributed by atoms with van der Waals surface area (Å²) in [6, 6.07) is 29.0. The van der Waals surface area contributed by atoms with E-state index in [0.717, 1.165) is 28.2 Å². The van der Waals surface area contributed by atoms with E-state index < -0.39 is 0 Å². The maximum atomic E-state index is 4.96. The largest absolute Gasteiger partial charge is 0.340 e. The SMILES string of the molecule is C=Cc1ccc(C2=NC(c3ccccc3)C=C(c3ccccc3)N2)cc1. The van der Waals surface area contributed by atoms with Gasteiger partial charge in [-0.25, -0.2) is 0 Å². The monoisotopic (exact) mass is 336 g/mol. The Morgan fingerprint density at radius 1 is 0.769 bits per heavy atom. The maximum absolute atomic E-state index is 4.96. The van der Waals surface area contributed by atoms with Crippen LogP contribution in [0.2, 0.25) is 0 Å². The zero-order valence-corrected chi connectivity index (χ0v) is 14.5. The van der Waals surface area contributed by atoms with Crippen molar-refractivity contribution in [1.82, 2.24) is 5.32 Å². The lowest BCUT2D eigenvalue weighted by molar-refractivity contribution is 0.880. The van der Waals surface area contributed by atoms with Crippen LogP contribution in [-0.4, -0.2) is 5.84 Å². The minimum absolute atomic E-state index is 0.0123. The van der Waals surface area contributed by atoms with Gasteiger partial charge < -0.3 is 5.32 Å². The minimum atomic E-state index is -0.0123. The lowest BCUT2D eigenvalue weighted by Crippen LogP contribution is -2.27. The van der Waals surface area contributed by atoms with E-state index in [2.05, 4.69) is 90.8 Å². The van der Waals surface area contributed by atoms with E-state index in [0.29, 0.717) is 0 Å². The molecule has 0 aliphatic carbocycles. The first kappa shape index (κ1) is 16.1. The fraction of sp³-hybridized carbons (Fsp3) is 0.0417. The van der Waals surface area contributed by atoms with Gasteiger partial charge in [-0.1, -0.05) is 97.6 Å². The van der Waals surface area contributed by atoms with Crippen LogP contribution >= 0.6 is 0 Å². The second-order valence-corrected chi connectivity index (χ2v) is 6.23. The number of hydrogen-bond acceptors (Lipinski definition) is 2. The Bertz CT molecular complexity index is 952. The number of rotatable bonds is 4. The second-order valence-electron chi connectivity index (χ2n) is 6.23. The number of nitrogens with one attached hydrogen (secondary N) is 1. The Morgan fingerprint density at radius 2 is 1.42 bits per heavy atom. The number of amidine groups is 1. The molecule has 4 rings (SSSR count). The van der Waals surface area contributed by atoms with Crippen LogP contribution in [0, 0.1) is 0 Å². The van der Waals surface area contributed by atoms with E-state index in [1.807, 2.05) is 18.2 Å². The third kappa shape index (κ3) is 3.35. The highest BCUT2D eigenvalue weighted by Gasteiger charge is 2.18. The van der Waals surface area contributed by atoms with Gasteiger partial charge in [0.15, 0.2) is 0 Å². The number of aliphatic imine (C=N–C) groups is 1. The number of nitrogens with zero attached hydrogens (tertiary/aromatic N) is 1. The molecule has 0 spiro atoms. The summed E-state index contributed by atoms with van der Waals surface area (Å²) in [7, 11) is 0. The van der Waals surface area contributed by atoms with Crippen molar-refractivity contribution in [2.45, 2.75) is 6.04 Å². The molecule has 0 radical (unpaired) electrons. The summed E-state index contributed by atoms with van der Waals surface area (Å²) < 4.78 is 0. The molecule has 2 nitrogen and oxygen atoms in total. The quantitative estimate of drug-likeness (QED) is 0.672. The van der Waals surface area contributed by atoms with Crippen LogP contribution in [0.4, 0.5) is 0 Å². The van der Waals surface area contributed by atoms with Crippen LogP contribution in [0.1, 0.15) is 28.3 Å². The molecule has 0 saturated heterocycles. The maximum Gasteiger partial charge on any atom is 0.133 e. The minimum Gasteiger partial charge on any atom is -0.340 e. The fourth-order valence-electron chi connectivity index (χ4n) is 3.07. The predicted molar refractivity (Wildman–Crippen MR) is 110 cm³/mol. The van der Waals surface area contributed by atoms with Crippen molar-refractivity contribution in [1.29, 1.82) is 0 Å². The van der Waals surface area contributed by atoms with Gasteiger partial charge in [-0.2, -0.15) is 0 Å². The van der Waals surface area contributed by atoms with Gasteiger partial charge in [-0.05, 0) is 22.8 Å². The Morgan fingerprint density at radius 3 is 2.08 bits per heavy atom. The molecule has 0 saturated carbocycles. The Balaban J connectivity index is 1.76. The van der Waals surface area contributed by atoms with E-state index in [4.69, 9.17) is 4.99 Å². The number of benzene rings is 3. The summed E-state index contributed by atoms with van der Waals surface area (Å²) in [5.41, 5.74) is 5.59. The molecule has 26 heavy (non-hydrogen) atoms. The topological polar surface area (TPSA) is 24.4 Å². The van der Waals surface area contributed by atoms with Crippen LogP contribution in [0.3, 0.4) is 0 Å². The van der Waals surface area contributed by atoms with E-state index in [-0.39, 0.29) is 6.04 Å². The van der Waals surface area contributed by atoms with Gasteiger partial charge in [-0.15, -0.1) is 0 Å². The van der Waals surface area contributed by atoms with Gasteiger partial charge in [-0.3, -0.25) is 4.99 Å². The first-order valence-electron chi connectivity index (χ1n) is 8.73. The molecule has 126 valence electrons. The summed E-state index contributed by atoms with van der Waals surface area (Å²) in [5, 5.41) is 3.51. The predicted octanol–water partition coefficient (Wildman–Crippen LogP) is 5.46. The van der Waals surface area contributed by atoms with Crippen LogP contribution < -0.4 is 5.32 Å². The van der Waals surface area contributed by atoms with E-state index >= 15 is 0 Å². The van der Waals surface area contributed by atoms with Crippen molar-refractivity contribution in [2.24, 2.45) is 4.99 Å². The van der Waals surface area contributed by atoms with Crippen molar-refractivity contribution in [3.8, 4) is 0 Å². The van der Waals surface area contributed by atoms with Gasteiger partial charge in [0.2, 0.25) is 0 Å². The van der Waals surface area contributed by atoms with E-state index in [1.165, 1.54) is 5.56 Å². The molecule has 0 aromatic heterocycles. The zero-order chi connectivity index (χ0) is 17.8. The molecule has 1 aliphatic heterocycles. The molecular formula is C24H20N2. The van der Waals surface area contributed by atoms with Gasteiger partial charge in [0.05, 0.1) is 6.04 Å². The van der Waals surface area contributed by atoms with Gasteiger partial charge in [0, 0.05) is 11.3 Å². The van der Waals surface area contributed by atoms with E-state index in [9.17, 15) is 0 Å². The molecule has 1 aliphatic rings. The first-order chi connectivity index (χ1) is 12.8. The highest BCUT2D eigenvalue weighted by Crippen LogP contribution is 2.28. The van der Waals surface area contributed by atoms with Crippen molar-refractivity contribution in [3.05, 3.63) is 120 Å². The van der Waals surface area contributed by atoms with Crippen LogP contribution in [0.15, 0.2) is 103 Å². The van der Waals surface area contributed by atoms with Gasteiger partial charge in [0.25, 0.3) is 0 Å². The molecular weight excluding hydrogens is 316 g/mol. The Hall–Kier alpha value is -3.39. The average Bonchev–Trinajstić information content (AvgIpc) is 2.75. The zero-order valence-electron chi connectivity index (χ0n) is 14.5. The average molecular weight is 336 g/mol. The molecule has 2 heteroatoms. The summed E-state index contributed by atoms with van der Waals surface area (Å²) in [6.45, 7) is 3.82. The normalized spacial score (nSPS) is 16.2.